The summed E-state index contributed by atoms with van der Waals surface area (Å²) in [7, 11) is 0. The van der Waals surface area contributed by atoms with Gasteiger partial charge in [-0.3, -0.25) is 9.78 Å². The number of pyridine rings is 1. The number of benzene rings is 2. The van der Waals surface area contributed by atoms with Gasteiger partial charge in [-0.05, 0) is 55.3 Å². The molecular weight excluding hydrogens is 326 g/mol. The highest BCUT2D eigenvalue weighted by Gasteiger charge is 2.17. The van der Waals surface area contributed by atoms with Crippen LogP contribution in [0.15, 0.2) is 54.7 Å². The highest BCUT2D eigenvalue weighted by Crippen LogP contribution is 2.30. The molecule has 1 aromatic heterocycles. The summed E-state index contributed by atoms with van der Waals surface area (Å²) in [5.41, 5.74) is 8.46. The maximum atomic E-state index is 12.1. The summed E-state index contributed by atoms with van der Waals surface area (Å²) in [4.78, 5) is 16.4. The van der Waals surface area contributed by atoms with Gasteiger partial charge in [-0.15, -0.1) is 0 Å². The molecule has 3 aromatic rings. The molecule has 26 heavy (non-hydrogen) atoms. The fraction of sp³-hybridized carbons (Fsp3) is 0.238. The van der Waals surface area contributed by atoms with Crippen molar-refractivity contribution in [1.82, 2.24) is 10.3 Å². The van der Waals surface area contributed by atoms with Gasteiger partial charge in [-0.1, -0.05) is 30.3 Å². The van der Waals surface area contributed by atoms with Crippen molar-refractivity contribution in [3.63, 3.8) is 0 Å². The van der Waals surface area contributed by atoms with E-state index in [1.807, 2.05) is 48.5 Å². The van der Waals surface area contributed by atoms with Gasteiger partial charge in [0.05, 0.1) is 11.1 Å². The highest BCUT2D eigenvalue weighted by molar-refractivity contribution is 6.10. The third kappa shape index (κ3) is 3.26. The molecule has 1 amide bonds. The quantitative estimate of drug-likeness (QED) is 0.760. The SMILES string of the molecule is NC(=O)c1c(-c2ccc(OC3CCNCC3)cc2)ccc2cccnc12. The van der Waals surface area contributed by atoms with Crippen LogP contribution in [0, 0.1) is 0 Å². The molecule has 5 heteroatoms. The summed E-state index contributed by atoms with van der Waals surface area (Å²) in [6, 6.07) is 15.5. The molecule has 132 valence electrons. The predicted octanol–water partition coefficient (Wildman–Crippen LogP) is 3.13. The van der Waals surface area contributed by atoms with E-state index in [0.717, 1.165) is 48.2 Å². The lowest BCUT2D eigenvalue weighted by Crippen LogP contribution is -2.34. The van der Waals surface area contributed by atoms with Crippen LogP contribution in [-0.4, -0.2) is 30.1 Å². The van der Waals surface area contributed by atoms with Crippen LogP contribution in [0.3, 0.4) is 0 Å². The van der Waals surface area contributed by atoms with Gasteiger partial charge < -0.3 is 15.8 Å². The molecule has 0 unspecified atom stereocenters. The Bertz CT molecular complexity index is 932. The van der Waals surface area contributed by atoms with Gasteiger partial charge in [0.25, 0.3) is 5.91 Å². The molecule has 2 heterocycles. The van der Waals surface area contributed by atoms with Crippen molar-refractivity contribution in [2.45, 2.75) is 18.9 Å². The first-order chi connectivity index (χ1) is 12.7. The number of ether oxygens (including phenoxy) is 1. The Morgan fingerprint density at radius 3 is 2.58 bits per heavy atom. The van der Waals surface area contributed by atoms with Gasteiger partial charge in [0.15, 0.2) is 0 Å². The summed E-state index contributed by atoms with van der Waals surface area (Å²) in [5.74, 6) is 0.375. The average molecular weight is 347 g/mol. The molecule has 1 aliphatic rings. The zero-order valence-electron chi connectivity index (χ0n) is 14.4. The van der Waals surface area contributed by atoms with Crippen molar-refractivity contribution in [2.75, 3.05) is 13.1 Å². The number of nitrogens with one attached hydrogen (secondary N) is 1. The summed E-state index contributed by atoms with van der Waals surface area (Å²) < 4.78 is 6.05. The lowest BCUT2D eigenvalue weighted by Gasteiger charge is -2.23. The predicted molar refractivity (Wildman–Crippen MR) is 102 cm³/mol. The molecule has 5 nitrogen and oxygen atoms in total. The molecule has 2 aromatic carbocycles. The number of hydrogen-bond donors (Lipinski definition) is 2. The normalized spacial score (nSPS) is 15.1. The van der Waals surface area contributed by atoms with Crippen molar-refractivity contribution in [3.8, 4) is 16.9 Å². The number of carbonyl (C=O) groups excluding carboxylic acids is 1. The second-order valence-corrected chi connectivity index (χ2v) is 6.52. The first-order valence-electron chi connectivity index (χ1n) is 8.88. The first kappa shape index (κ1) is 16.5. The summed E-state index contributed by atoms with van der Waals surface area (Å²) >= 11 is 0. The topological polar surface area (TPSA) is 77.2 Å². The zero-order valence-corrected chi connectivity index (χ0v) is 14.4. The number of nitrogens with two attached hydrogens (primary N) is 1. The number of carbonyl (C=O) groups is 1. The van der Waals surface area contributed by atoms with E-state index in [9.17, 15) is 4.79 Å². The van der Waals surface area contributed by atoms with Gasteiger partial charge >= 0.3 is 0 Å². The van der Waals surface area contributed by atoms with E-state index in [1.165, 1.54) is 0 Å². The van der Waals surface area contributed by atoms with Crippen LogP contribution >= 0.6 is 0 Å². The molecule has 1 fully saturated rings. The Balaban J connectivity index is 1.67. The van der Waals surface area contributed by atoms with Crippen LogP contribution in [-0.2, 0) is 0 Å². The second-order valence-electron chi connectivity index (χ2n) is 6.52. The summed E-state index contributed by atoms with van der Waals surface area (Å²) in [6.07, 6.45) is 3.97. The number of amides is 1. The molecular formula is C21H21N3O2. The van der Waals surface area contributed by atoms with Gasteiger partial charge in [0, 0.05) is 11.6 Å². The second kappa shape index (κ2) is 7.14. The minimum Gasteiger partial charge on any atom is -0.490 e. The number of hydrogen-bond acceptors (Lipinski definition) is 4. The van der Waals surface area contributed by atoms with Crippen LogP contribution in [0.4, 0.5) is 0 Å². The summed E-state index contributed by atoms with van der Waals surface area (Å²) in [5, 5.41) is 4.23. The van der Waals surface area contributed by atoms with Gasteiger partial charge in [0.2, 0.25) is 0 Å². The Morgan fingerprint density at radius 1 is 1.08 bits per heavy atom. The van der Waals surface area contributed by atoms with Crippen molar-refractivity contribution < 1.29 is 9.53 Å². The van der Waals surface area contributed by atoms with E-state index in [1.54, 1.807) is 6.20 Å². The minimum atomic E-state index is -0.473. The van der Waals surface area contributed by atoms with Crippen molar-refractivity contribution >= 4 is 16.8 Å². The Kier molecular flexibility index (Phi) is 4.54. The fourth-order valence-electron chi connectivity index (χ4n) is 3.45. The monoisotopic (exact) mass is 347 g/mol. The van der Waals surface area contributed by atoms with E-state index in [0.29, 0.717) is 11.1 Å². The van der Waals surface area contributed by atoms with E-state index >= 15 is 0 Å². The number of nitrogens with zero attached hydrogens (tertiary/aromatic N) is 1. The van der Waals surface area contributed by atoms with E-state index in [-0.39, 0.29) is 6.10 Å². The number of piperidine rings is 1. The molecule has 3 N–H and O–H groups in total. The lowest BCUT2D eigenvalue weighted by atomic mass is 9.96. The maximum Gasteiger partial charge on any atom is 0.251 e. The van der Waals surface area contributed by atoms with Crippen LogP contribution < -0.4 is 15.8 Å². The van der Waals surface area contributed by atoms with Crippen molar-refractivity contribution in [2.24, 2.45) is 5.73 Å². The van der Waals surface area contributed by atoms with Crippen LogP contribution in [0.25, 0.3) is 22.0 Å². The number of aromatic nitrogens is 1. The summed E-state index contributed by atoms with van der Waals surface area (Å²) in [6.45, 7) is 1.99. The van der Waals surface area contributed by atoms with Crippen LogP contribution in [0.2, 0.25) is 0 Å². The molecule has 1 saturated heterocycles. The molecule has 0 spiro atoms. The minimum absolute atomic E-state index is 0.258. The third-order valence-electron chi connectivity index (χ3n) is 4.78. The van der Waals surface area contributed by atoms with Crippen LogP contribution in [0.1, 0.15) is 23.2 Å². The number of primary amides is 1. The molecule has 0 aliphatic carbocycles. The lowest BCUT2D eigenvalue weighted by molar-refractivity contribution is 0.100. The molecule has 4 rings (SSSR count). The Hall–Kier alpha value is -2.92. The number of rotatable bonds is 4. The highest BCUT2D eigenvalue weighted by atomic mass is 16.5. The number of fused-ring (bicyclic) bond motifs is 1. The molecule has 1 aliphatic heterocycles. The van der Waals surface area contributed by atoms with E-state index in [4.69, 9.17) is 10.5 Å². The van der Waals surface area contributed by atoms with E-state index < -0.39 is 5.91 Å². The standard InChI is InChI=1S/C21H21N3O2/c22-21(25)19-18(8-5-15-2-1-11-24-20(15)19)14-3-6-16(7-4-14)26-17-9-12-23-13-10-17/h1-8,11,17,23H,9-10,12-13H2,(H2,22,25). The first-order valence-corrected chi connectivity index (χ1v) is 8.88. The fourth-order valence-corrected chi connectivity index (χ4v) is 3.45. The largest absolute Gasteiger partial charge is 0.490 e. The smallest absolute Gasteiger partial charge is 0.251 e. The van der Waals surface area contributed by atoms with Crippen molar-refractivity contribution in [1.29, 1.82) is 0 Å². The van der Waals surface area contributed by atoms with Gasteiger partial charge in [-0.2, -0.15) is 0 Å². The van der Waals surface area contributed by atoms with E-state index in [2.05, 4.69) is 10.3 Å². The molecule has 0 bridgehead atoms. The third-order valence-corrected chi connectivity index (χ3v) is 4.78. The van der Waals surface area contributed by atoms with Gasteiger partial charge in [0.1, 0.15) is 11.9 Å². The zero-order chi connectivity index (χ0) is 17.9. The average Bonchev–Trinajstić information content (AvgIpc) is 2.68. The molecule has 0 atom stereocenters. The van der Waals surface area contributed by atoms with Crippen molar-refractivity contribution in [3.05, 3.63) is 60.3 Å². The Morgan fingerprint density at radius 2 is 1.85 bits per heavy atom. The van der Waals surface area contributed by atoms with Crippen LogP contribution in [0.5, 0.6) is 5.75 Å². The maximum absolute atomic E-state index is 12.1. The molecule has 0 saturated carbocycles. The van der Waals surface area contributed by atoms with Gasteiger partial charge in [-0.25, -0.2) is 0 Å². The molecule has 0 radical (unpaired) electrons. The Labute approximate surface area is 152 Å².